The summed E-state index contributed by atoms with van der Waals surface area (Å²) in [4.78, 5) is 11.1. The number of anilines is 4. The lowest BCUT2D eigenvalue weighted by atomic mass is 10.1. The van der Waals surface area contributed by atoms with Gasteiger partial charge in [-0.15, -0.1) is 0 Å². The molecule has 0 atom stereocenters. The Labute approximate surface area is 151 Å². The topological polar surface area (TPSA) is 67.1 Å². The fraction of sp³-hybridized carbons (Fsp3) is 0.500. The maximum atomic E-state index is 6.41. The van der Waals surface area contributed by atoms with Gasteiger partial charge >= 0.3 is 0 Å². The van der Waals surface area contributed by atoms with Crippen LogP contribution < -0.4 is 16.0 Å². The van der Waals surface area contributed by atoms with Gasteiger partial charge in [-0.25, -0.2) is 9.97 Å². The van der Waals surface area contributed by atoms with Crippen molar-refractivity contribution in [3.05, 3.63) is 36.2 Å². The molecular weight excluding hydrogens is 310 g/mol. The molecule has 136 valence electrons. The van der Waals surface area contributed by atoms with Crippen molar-refractivity contribution in [2.45, 2.75) is 41.0 Å². The zero-order chi connectivity index (χ0) is 18.4. The zero-order valence-electron chi connectivity index (χ0n) is 16.1. The van der Waals surface area contributed by atoms with Crippen LogP contribution in [-0.4, -0.2) is 23.1 Å². The number of aryl methyl sites for hydroxylation is 1. The monoisotopic (exact) mass is 341 g/mol. The molecule has 1 aromatic carbocycles. The summed E-state index contributed by atoms with van der Waals surface area (Å²) in [6.07, 6.45) is 2.61. The summed E-state index contributed by atoms with van der Waals surface area (Å²) >= 11 is 0. The van der Waals surface area contributed by atoms with E-state index in [4.69, 9.17) is 5.73 Å². The van der Waals surface area contributed by atoms with Gasteiger partial charge in [-0.3, -0.25) is 0 Å². The zero-order valence-corrected chi connectivity index (χ0v) is 16.1. The van der Waals surface area contributed by atoms with Crippen LogP contribution in [0.5, 0.6) is 0 Å². The number of nitrogens with one attached hydrogen (secondary N) is 1. The number of nitrogen functional groups attached to an aromatic ring is 1. The molecule has 0 radical (unpaired) electrons. The Morgan fingerprint density at radius 2 is 1.60 bits per heavy atom. The first-order chi connectivity index (χ1) is 11.9. The van der Waals surface area contributed by atoms with Crippen LogP contribution in [0.25, 0.3) is 0 Å². The van der Waals surface area contributed by atoms with E-state index in [1.165, 1.54) is 5.56 Å². The summed E-state index contributed by atoms with van der Waals surface area (Å²) in [6.45, 7) is 12.8. The maximum Gasteiger partial charge on any atom is 0.159 e. The van der Waals surface area contributed by atoms with Crippen molar-refractivity contribution >= 4 is 23.0 Å². The normalized spacial score (nSPS) is 11.2. The molecule has 2 rings (SSSR count). The van der Waals surface area contributed by atoms with Gasteiger partial charge < -0.3 is 16.0 Å². The van der Waals surface area contributed by atoms with Gasteiger partial charge in [0.25, 0.3) is 0 Å². The van der Waals surface area contributed by atoms with Crippen LogP contribution >= 0.6 is 0 Å². The average molecular weight is 342 g/mol. The van der Waals surface area contributed by atoms with Crippen LogP contribution in [0, 0.1) is 11.8 Å². The minimum absolute atomic E-state index is 0.533. The first kappa shape index (κ1) is 19.0. The van der Waals surface area contributed by atoms with Crippen molar-refractivity contribution in [2.75, 3.05) is 29.0 Å². The molecule has 0 fully saturated rings. The first-order valence-corrected chi connectivity index (χ1v) is 9.12. The van der Waals surface area contributed by atoms with E-state index in [0.29, 0.717) is 23.3 Å². The average Bonchev–Trinajstić information content (AvgIpc) is 2.56. The quantitative estimate of drug-likeness (QED) is 0.741. The molecule has 0 amide bonds. The van der Waals surface area contributed by atoms with Crippen molar-refractivity contribution in [2.24, 2.45) is 11.8 Å². The summed E-state index contributed by atoms with van der Waals surface area (Å²) in [5, 5.41) is 3.32. The van der Waals surface area contributed by atoms with Gasteiger partial charge in [-0.1, -0.05) is 46.8 Å². The van der Waals surface area contributed by atoms with Crippen molar-refractivity contribution in [3.8, 4) is 0 Å². The third-order valence-electron chi connectivity index (χ3n) is 3.96. The van der Waals surface area contributed by atoms with Crippen LogP contribution in [0.3, 0.4) is 0 Å². The van der Waals surface area contributed by atoms with Crippen LogP contribution in [0.2, 0.25) is 0 Å². The van der Waals surface area contributed by atoms with Crippen molar-refractivity contribution in [1.82, 2.24) is 9.97 Å². The minimum Gasteiger partial charge on any atom is -0.393 e. The number of hydrogen-bond acceptors (Lipinski definition) is 5. The molecule has 5 heteroatoms. The van der Waals surface area contributed by atoms with Crippen molar-refractivity contribution < 1.29 is 0 Å². The smallest absolute Gasteiger partial charge is 0.159 e. The van der Waals surface area contributed by atoms with Gasteiger partial charge in [-0.2, -0.15) is 0 Å². The number of hydrogen-bond donors (Lipinski definition) is 2. The van der Waals surface area contributed by atoms with Gasteiger partial charge in [0, 0.05) is 18.8 Å². The lowest BCUT2D eigenvalue weighted by molar-refractivity contribution is 0.549. The molecule has 0 aliphatic carbocycles. The highest BCUT2D eigenvalue weighted by molar-refractivity contribution is 5.78. The molecule has 2 aromatic rings. The molecule has 0 saturated heterocycles. The highest BCUT2D eigenvalue weighted by atomic mass is 15.2. The summed E-state index contributed by atoms with van der Waals surface area (Å²) in [7, 11) is 0. The Bertz CT molecular complexity index is 654. The van der Waals surface area contributed by atoms with Gasteiger partial charge in [0.1, 0.15) is 12.0 Å². The van der Waals surface area contributed by atoms with Crippen LogP contribution in [0.4, 0.5) is 23.0 Å². The number of benzene rings is 1. The molecule has 1 heterocycles. The molecule has 1 aromatic heterocycles. The van der Waals surface area contributed by atoms with Gasteiger partial charge in [0.2, 0.25) is 0 Å². The summed E-state index contributed by atoms with van der Waals surface area (Å²) < 4.78 is 0. The third-order valence-corrected chi connectivity index (χ3v) is 3.96. The molecule has 3 N–H and O–H groups in total. The Morgan fingerprint density at radius 1 is 1.00 bits per heavy atom. The maximum absolute atomic E-state index is 6.41. The van der Waals surface area contributed by atoms with E-state index in [9.17, 15) is 0 Å². The Hall–Kier alpha value is -2.30. The van der Waals surface area contributed by atoms with Crippen LogP contribution in [-0.2, 0) is 6.42 Å². The molecule has 5 nitrogen and oxygen atoms in total. The fourth-order valence-electron chi connectivity index (χ4n) is 2.83. The molecule has 25 heavy (non-hydrogen) atoms. The summed E-state index contributed by atoms with van der Waals surface area (Å²) in [5.74, 6) is 2.54. The second kappa shape index (κ2) is 8.70. The molecule has 0 unspecified atom stereocenters. The molecule has 0 spiro atoms. The lowest BCUT2D eigenvalue weighted by Crippen LogP contribution is -2.32. The highest BCUT2D eigenvalue weighted by Gasteiger charge is 2.17. The van der Waals surface area contributed by atoms with E-state index >= 15 is 0 Å². The Morgan fingerprint density at radius 3 is 2.12 bits per heavy atom. The predicted octanol–water partition coefficient (Wildman–Crippen LogP) is 4.48. The number of aromatic nitrogens is 2. The van der Waals surface area contributed by atoms with Crippen molar-refractivity contribution in [1.29, 1.82) is 0 Å². The van der Waals surface area contributed by atoms with Gasteiger partial charge in [-0.05, 0) is 36.0 Å². The van der Waals surface area contributed by atoms with E-state index in [1.807, 2.05) is 0 Å². The largest absolute Gasteiger partial charge is 0.393 e. The summed E-state index contributed by atoms with van der Waals surface area (Å²) in [5.41, 5.74) is 9.30. The molecule has 0 aliphatic heterocycles. The lowest BCUT2D eigenvalue weighted by Gasteiger charge is -2.28. The standard InChI is InChI=1S/C20H31N5/c1-6-16-7-9-17(10-8-16)24-19-18(21)20(23-13-22-19)25(11-14(2)3)12-15(4)5/h7-10,13-15H,6,11-12,21H2,1-5H3,(H,22,23,24). The SMILES string of the molecule is CCc1ccc(Nc2ncnc(N(CC(C)C)CC(C)C)c2N)cc1. The van der Waals surface area contributed by atoms with E-state index < -0.39 is 0 Å². The molecule has 0 saturated carbocycles. The van der Waals surface area contributed by atoms with Crippen LogP contribution in [0.15, 0.2) is 30.6 Å². The molecular formula is C20H31N5. The molecule has 0 aliphatic rings. The Balaban J connectivity index is 2.26. The van der Waals surface area contributed by atoms with E-state index in [2.05, 4.69) is 79.1 Å². The minimum atomic E-state index is 0.533. The van der Waals surface area contributed by atoms with Crippen molar-refractivity contribution in [3.63, 3.8) is 0 Å². The van der Waals surface area contributed by atoms with Gasteiger partial charge in [0.05, 0.1) is 0 Å². The number of nitrogens with zero attached hydrogens (tertiary/aromatic N) is 3. The second-order valence-corrected chi connectivity index (χ2v) is 7.33. The fourth-order valence-corrected chi connectivity index (χ4v) is 2.83. The summed E-state index contributed by atoms with van der Waals surface area (Å²) in [6, 6.07) is 8.34. The van der Waals surface area contributed by atoms with E-state index in [0.717, 1.165) is 31.0 Å². The third kappa shape index (κ3) is 5.34. The van der Waals surface area contributed by atoms with Crippen LogP contribution in [0.1, 0.15) is 40.2 Å². The Kier molecular flexibility index (Phi) is 6.62. The first-order valence-electron chi connectivity index (χ1n) is 9.12. The highest BCUT2D eigenvalue weighted by Crippen LogP contribution is 2.29. The van der Waals surface area contributed by atoms with E-state index in [-0.39, 0.29) is 0 Å². The van der Waals surface area contributed by atoms with Gasteiger partial charge in [0.15, 0.2) is 11.6 Å². The number of rotatable bonds is 8. The number of nitrogens with two attached hydrogens (primary N) is 1. The second-order valence-electron chi connectivity index (χ2n) is 7.33. The molecule has 0 bridgehead atoms. The van der Waals surface area contributed by atoms with E-state index in [1.54, 1.807) is 6.33 Å². The predicted molar refractivity (Wildman–Crippen MR) is 107 cm³/mol.